The smallest absolute Gasteiger partial charge is 0.243 e. The molecule has 0 aliphatic heterocycles. The highest BCUT2D eigenvalue weighted by Gasteiger charge is 2.45. The van der Waals surface area contributed by atoms with Crippen LogP contribution in [0.1, 0.15) is 39.5 Å². The van der Waals surface area contributed by atoms with Gasteiger partial charge in [-0.3, -0.25) is 4.79 Å². The van der Waals surface area contributed by atoms with Gasteiger partial charge >= 0.3 is 0 Å². The molecule has 0 saturated heterocycles. The monoisotopic (exact) mass is 352 g/mol. The number of sulfonamides is 1. The van der Waals surface area contributed by atoms with E-state index in [0.717, 1.165) is 25.7 Å². The van der Waals surface area contributed by atoms with E-state index in [9.17, 15) is 13.2 Å². The molecule has 1 atom stereocenters. The van der Waals surface area contributed by atoms with Crippen molar-refractivity contribution in [2.75, 3.05) is 12.4 Å². The average molecular weight is 352 g/mol. The van der Waals surface area contributed by atoms with Crippen molar-refractivity contribution in [3.8, 4) is 5.75 Å². The fraction of sp³-hybridized carbons (Fsp3) is 0.588. The molecule has 2 saturated carbocycles. The summed E-state index contributed by atoms with van der Waals surface area (Å²) in [5.41, 5.74) is 0.376. The summed E-state index contributed by atoms with van der Waals surface area (Å²) in [6, 6.07) is 4.76. The number of hydrogen-bond acceptors (Lipinski definition) is 4. The van der Waals surface area contributed by atoms with E-state index >= 15 is 0 Å². The first kappa shape index (κ1) is 17.2. The van der Waals surface area contributed by atoms with Crippen molar-refractivity contribution in [3.05, 3.63) is 18.2 Å². The molecule has 24 heavy (non-hydrogen) atoms. The molecule has 0 heterocycles. The van der Waals surface area contributed by atoms with E-state index in [0.29, 0.717) is 17.4 Å². The van der Waals surface area contributed by atoms with Gasteiger partial charge < -0.3 is 10.1 Å². The van der Waals surface area contributed by atoms with Gasteiger partial charge in [-0.15, -0.1) is 0 Å². The molecule has 2 aliphatic carbocycles. The van der Waals surface area contributed by atoms with Gasteiger partial charge in [0.1, 0.15) is 5.75 Å². The van der Waals surface area contributed by atoms with Gasteiger partial charge in [-0.1, -0.05) is 0 Å². The van der Waals surface area contributed by atoms with Gasteiger partial charge in [-0.2, -0.15) is 4.31 Å². The summed E-state index contributed by atoms with van der Waals surface area (Å²) in [5, 5.41) is 2.64. The predicted octanol–water partition coefficient (Wildman–Crippen LogP) is 2.61. The predicted molar refractivity (Wildman–Crippen MR) is 91.5 cm³/mol. The third-order valence-corrected chi connectivity index (χ3v) is 6.70. The quantitative estimate of drug-likeness (QED) is 0.818. The van der Waals surface area contributed by atoms with E-state index in [-0.39, 0.29) is 22.9 Å². The zero-order chi connectivity index (χ0) is 17.5. The highest BCUT2D eigenvalue weighted by Crippen LogP contribution is 2.43. The summed E-state index contributed by atoms with van der Waals surface area (Å²) in [4.78, 5) is 11.6. The highest BCUT2D eigenvalue weighted by molar-refractivity contribution is 7.89. The third kappa shape index (κ3) is 3.42. The molecule has 1 aromatic carbocycles. The number of methoxy groups -OCH3 is 1. The van der Waals surface area contributed by atoms with Gasteiger partial charge in [-0.25, -0.2) is 8.42 Å². The van der Waals surface area contributed by atoms with Crippen LogP contribution in [0.25, 0.3) is 0 Å². The van der Waals surface area contributed by atoms with Crippen LogP contribution in [-0.4, -0.2) is 37.8 Å². The molecule has 1 unspecified atom stereocenters. The summed E-state index contributed by atoms with van der Waals surface area (Å²) in [6.07, 6.45) is 4.04. The molecule has 0 bridgehead atoms. The molecule has 1 amide bonds. The van der Waals surface area contributed by atoms with Crippen molar-refractivity contribution in [2.45, 2.75) is 56.5 Å². The molecule has 2 aliphatic rings. The van der Waals surface area contributed by atoms with Crippen molar-refractivity contribution >= 4 is 21.6 Å². The SMILES string of the molecule is COc1ccc(S(=O)(=O)N(C2CC2)C(C)C2CC2)cc1NC(C)=O. The fourth-order valence-electron chi connectivity index (χ4n) is 3.12. The largest absolute Gasteiger partial charge is 0.495 e. The van der Waals surface area contributed by atoms with Crippen LogP contribution < -0.4 is 10.1 Å². The molecular formula is C17H24N2O4S. The standard InChI is InChI=1S/C17H24N2O4S/c1-11(13-4-5-13)19(14-6-7-14)24(21,22)15-8-9-17(23-3)16(10-15)18-12(2)20/h8-11,13-14H,4-7H2,1-3H3,(H,18,20). The number of ether oxygens (including phenoxy) is 1. The lowest BCUT2D eigenvalue weighted by atomic mass is 10.2. The van der Waals surface area contributed by atoms with Crippen LogP contribution in [0.3, 0.4) is 0 Å². The number of carbonyl (C=O) groups is 1. The minimum Gasteiger partial charge on any atom is -0.495 e. The van der Waals surface area contributed by atoms with E-state index in [1.54, 1.807) is 16.4 Å². The van der Waals surface area contributed by atoms with Crippen LogP contribution in [0.2, 0.25) is 0 Å². The van der Waals surface area contributed by atoms with Crippen molar-refractivity contribution in [3.63, 3.8) is 0 Å². The second-order valence-corrected chi connectivity index (χ2v) is 8.53. The summed E-state index contributed by atoms with van der Waals surface area (Å²) >= 11 is 0. The topological polar surface area (TPSA) is 75.7 Å². The van der Waals surface area contributed by atoms with Gasteiger partial charge in [0.2, 0.25) is 15.9 Å². The maximum atomic E-state index is 13.2. The van der Waals surface area contributed by atoms with Crippen molar-refractivity contribution < 1.29 is 17.9 Å². The van der Waals surface area contributed by atoms with Crippen LogP contribution >= 0.6 is 0 Å². The number of nitrogens with one attached hydrogen (secondary N) is 1. The number of anilines is 1. The van der Waals surface area contributed by atoms with Gasteiger partial charge in [0, 0.05) is 19.0 Å². The zero-order valence-electron chi connectivity index (χ0n) is 14.3. The first-order chi connectivity index (χ1) is 11.3. The van der Waals surface area contributed by atoms with Crippen LogP contribution in [0.15, 0.2) is 23.1 Å². The molecule has 3 rings (SSSR count). The summed E-state index contributed by atoms with van der Waals surface area (Å²) in [6.45, 7) is 3.39. The maximum Gasteiger partial charge on any atom is 0.243 e. The molecule has 6 nitrogen and oxygen atoms in total. The number of amides is 1. The lowest BCUT2D eigenvalue weighted by molar-refractivity contribution is -0.114. The molecular weight excluding hydrogens is 328 g/mol. The Balaban J connectivity index is 1.97. The van der Waals surface area contributed by atoms with E-state index in [4.69, 9.17) is 4.74 Å². The first-order valence-corrected chi connectivity index (χ1v) is 9.77. The highest BCUT2D eigenvalue weighted by atomic mass is 32.2. The summed E-state index contributed by atoms with van der Waals surface area (Å²) in [7, 11) is -2.11. The van der Waals surface area contributed by atoms with Crippen LogP contribution in [-0.2, 0) is 14.8 Å². The molecule has 0 radical (unpaired) electrons. The fourth-order valence-corrected chi connectivity index (χ4v) is 5.08. The minimum atomic E-state index is -3.60. The molecule has 2 fully saturated rings. The number of benzene rings is 1. The van der Waals surface area contributed by atoms with Gasteiger partial charge in [0.05, 0.1) is 17.7 Å². The second-order valence-electron chi connectivity index (χ2n) is 6.69. The van der Waals surface area contributed by atoms with Gasteiger partial charge in [0.25, 0.3) is 0 Å². The lowest BCUT2D eigenvalue weighted by Crippen LogP contribution is -2.41. The molecule has 132 valence electrons. The molecule has 1 aromatic rings. The molecule has 0 spiro atoms. The zero-order valence-corrected chi connectivity index (χ0v) is 15.1. The summed E-state index contributed by atoms with van der Waals surface area (Å²) in [5.74, 6) is 0.638. The number of hydrogen-bond donors (Lipinski definition) is 1. The third-order valence-electron chi connectivity index (χ3n) is 4.67. The van der Waals surface area contributed by atoms with Crippen LogP contribution in [0.5, 0.6) is 5.75 Å². The van der Waals surface area contributed by atoms with E-state index in [1.807, 2.05) is 6.92 Å². The van der Waals surface area contributed by atoms with Crippen molar-refractivity contribution in [1.29, 1.82) is 0 Å². The Bertz CT molecular complexity index is 739. The Morgan fingerprint density at radius 1 is 1.29 bits per heavy atom. The molecule has 1 N–H and O–H groups in total. The normalized spacial score (nSPS) is 19.2. The van der Waals surface area contributed by atoms with E-state index in [1.165, 1.54) is 20.1 Å². The van der Waals surface area contributed by atoms with Crippen LogP contribution in [0.4, 0.5) is 5.69 Å². The van der Waals surface area contributed by atoms with Gasteiger partial charge in [-0.05, 0) is 56.7 Å². The number of rotatable bonds is 7. The Labute approximate surface area is 143 Å². The first-order valence-electron chi connectivity index (χ1n) is 8.33. The van der Waals surface area contributed by atoms with Crippen molar-refractivity contribution in [2.24, 2.45) is 5.92 Å². The Morgan fingerprint density at radius 3 is 2.46 bits per heavy atom. The van der Waals surface area contributed by atoms with Gasteiger partial charge in [0.15, 0.2) is 0 Å². The van der Waals surface area contributed by atoms with Crippen LogP contribution in [0, 0.1) is 5.92 Å². The van der Waals surface area contributed by atoms with E-state index in [2.05, 4.69) is 5.32 Å². The molecule has 0 aromatic heterocycles. The Kier molecular flexibility index (Phi) is 4.57. The summed E-state index contributed by atoms with van der Waals surface area (Å²) < 4.78 is 33.3. The average Bonchev–Trinajstić information content (AvgIpc) is 3.38. The Morgan fingerprint density at radius 2 is 1.96 bits per heavy atom. The Hall–Kier alpha value is -1.60. The van der Waals surface area contributed by atoms with E-state index < -0.39 is 10.0 Å². The number of nitrogens with zero attached hydrogens (tertiary/aromatic N) is 1. The van der Waals surface area contributed by atoms with Crippen molar-refractivity contribution in [1.82, 2.24) is 4.31 Å². The lowest BCUT2D eigenvalue weighted by Gasteiger charge is -2.28. The number of carbonyl (C=O) groups excluding carboxylic acids is 1. The second kappa shape index (κ2) is 6.37. The maximum absolute atomic E-state index is 13.2. The minimum absolute atomic E-state index is 0.0221. The molecule has 7 heteroatoms.